The monoisotopic (exact) mass is 242 g/mol. The van der Waals surface area contributed by atoms with Crippen LogP contribution < -0.4 is 4.74 Å². The lowest BCUT2D eigenvalue weighted by Gasteiger charge is -2.06. The zero-order chi connectivity index (χ0) is 11.9. The van der Waals surface area contributed by atoms with Gasteiger partial charge in [0.25, 0.3) is 0 Å². The van der Waals surface area contributed by atoms with Crippen molar-refractivity contribution in [3.63, 3.8) is 0 Å². The highest BCUT2D eigenvalue weighted by atomic mass is 32.2. The number of rotatable bonds is 2. The maximum atomic E-state index is 11.4. The van der Waals surface area contributed by atoms with E-state index < -0.39 is 15.8 Å². The van der Waals surface area contributed by atoms with E-state index in [2.05, 4.69) is 0 Å². The van der Waals surface area contributed by atoms with E-state index in [9.17, 15) is 13.2 Å². The van der Waals surface area contributed by atoms with E-state index in [4.69, 9.17) is 9.84 Å². The number of fused-ring (bicyclic) bond motifs is 1. The summed E-state index contributed by atoms with van der Waals surface area (Å²) in [5.41, 5.74) is 0.552. The van der Waals surface area contributed by atoms with E-state index in [1.807, 2.05) is 0 Å². The van der Waals surface area contributed by atoms with Crippen LogP contribution in [0.4, 0.5) is 0 Å². The molecular formula is C10H10O5S. The van der Waals surface area contributed by atoms with E-state index in [0.717, 1.165) is 12.3 Å². The van der Waals surface area contributed by atoms with Crippen LogP contribution in [0.2, 0.25) is 0 Å². The molecule has 86 valence electrons. The molecule has 1 aliphatic heterocycles. The molecule has 0 radical (unpaired) electrons. The number of carboxylic acid groups (broad SMARTS) is 1. The molecule has 6 heteroatoms. The van der Waals surface area contributed by atoms with Crippen molar-refractivity contribution in [2.24, 2.45) is 0 Å². The fourth-order valence-corrected chi connectivity index (χ4v) is 2.34. The number of benzene rings is 1. The first-order valence-electron chi connectivity index (χ1n) is 4.62. The van der Waals surface area contributed by atoms with Crippen LogP contribution in [0.15, 0.2) is 17.0 Å². The second kappa shape index (κ2) is 3.48. The molecule has 5 nitrogen and oxygen atoms in total. The molecule has 1 aromatic rings. The van der Waals surface area contributed by atoms with Gasteiger partial charge < -0.3 is 9.84 Å². The van der Waals surface area contributed by atoms with Gasteiger partial charge in [-0.1, -0.05) is 0 Å². The van der Waals surface area contributed by atoms with Gasteiger partial charge >= 0.3 is 5.97 Å². The number of carbonyl (C=O) groups is 1. The molecule has 0 spiro atoms. The van der Waals surface area contributed by atoms with Gasteiger partial charge in [0.1, 0.15) is 11.3 Å². The van der Waals surface area contributed by atoms with Crippen LogP contribution in [0.1, 0.15) is 15.9 Å². The smallest absolute Gasteiger partial charge is 0.339 e. The average molecular weight is 242 g/mol. The van der Waals surface area contributed by atoms with Crippen molar-refractivity contribution in [3.05, 3.63) is 23.3 Å². The predicted molar refractivity (Wildman–Crippen MR) is 55.7 cm³/mol. The second-order valence-electron chi connectivity index (χ2n) is 3.63. The highest BCUT2D eigenvalue weighted by Gasteiger charge is 2.24. The van der Waals surface area contributed by atoms with Crippen LogP contribution in [0, 0.1) is 0 Å². The van der Waals surface area contributed by atoms with Crippen molar-refractivity contribution in [1.82, 2.24) is 0 Å². The Labute approximate surface area is 92.6 Å². The topological polar surface area (TPSA) is 80.7 Å². The molecule has 0 bridgehead atoms. The van der Waals surface area contributed by atoms with Crippen LogP contribution in [0.3, 0.4) is 0 Å². The zero-order valence-electron chi connectivity index (χ0n) is 8.56. The minimum atomic E-state index is -3.40. The average Bonchev–Trinajstić information content (AvgIpc) is 2.61. The molecule has 1 N–H and O–H groups in total. The molecular weight excluding hydrogens is 232 g/mol. The molecule has 1 heterocycles. The molecule has 0 unspecified atom stereocenters. The standard InChI is InChI=1S/C10H10O5S/c1-16(13,14)7-4-6-2-3-15-9(6)8(5-7)10(11)12/h4-5H,2-3H2,1H3,(H,11,12). The SMILES string of the molecule is CS(=O)(=O)c1cc2c(c(C(=O)O)c1)OCC2. The third-order valence-corrected chi connectivity index (χ3v) is 3.51. The van der Waals surface area contributed by atoms with Gasteiger partial charge in [0.15, 0.2) is 9.84 Å². The largest absolute Gasteiger partial charge is 0.492 e. The van der Waals surface area contributed by atoms with Crippen molar-refractivity contribution in [1.29, 1.82) is 0 Å². The van der Waals surface area contributed by atoms with Crippen LogP contribution in [0.25, 0.3) is 0 Å². The molecule has 1 aliphatic rings. The molecule has 0 atom stereocenters. The first-order valence-corrected chi connectivity index (χ1v) is 6.52. The number of hydrogen-bond acceptors (Lipinski definition) is 4. The normalized spacial score (nSPS) is 14.3. The number of hydrogen-bond donors (Lipinski definition) is 1. The highest BCUT2D eigenvalue weighted by molar-refractivity contribution is 7.90. The van der Waals surface area contributed by atoms with Crippen LogP contribution >= 0.6 is 0 Å². The maximum Gasteiger partial charge on any atom is 0.339 e. The van der Waals surface area contributed by atoms with Gasteiger partial charge in [0.05, 0.1) is 11.5 Å². The van der Waals surface area contributed by atoms with Gasteiger partial charge in [-0.15, -0.1) is 0 Å². The van der Waals surface area contributed by atoms with E-state index >= 15 is 0 Å². The molecule has 1 aromatic carbocycles. The molecule has 16 heavy (non-hydrogen) atoms. The summed E-state index contributed by atoms with van der Waals surface area (Å²) in [7, 11) is -3.40. The van der Waals surface area contributed by atoms with Crippen molar-refractivity contribution >= 4 is 15.8 Å². The third-order valence-electron chi connectivity index (χ3n) is 2.42. The van der Waals surface area contributed by atoms with Gasteiger partial charge in [-0.05, 0) is 17.7 Å². The van der Waals surface area contributed by atoms with E-state index in [0.29, 0.717) is 24.3 Å². The molecule has 2 rings (SSSR count). The molecule has 0 aliphatic carbocycles. The van der Waals surface area contributed by atoms with Gasteiger partial charge in [-0.2, -0.15) is 0 Å². The predicted octanol–water partition coefficient (Wildman–Crippen LogP) is 0.723. The lowest BCUT2D eigenvalue weighted by atomic mass is 10.1. The molecule has 0 amide bonds. The summed E-state index contributed by atoms with van der Waals surface area (Å²) in [5, 5.41) is 8.96. The fourth-order valence-electron chi connectivity index (χ4n) is 1.65. The quantitative estimate of drug-likeness (QED) is 0.826. The zero-order valence-corrected chi connectivity index (χ0v) is 9.37. The minimum absolute atomic E-state index is 0.0224. The Bertz CT molecular complexity index is 559. The summed E-state index contributed by atoms with van der Waals surface area (Å²) >= 11 is 0. The Morgan fingerprint density at radius 3 is 2.69 bits per heavy atom. The first kappa shape index (κ1) is 10.9. The van der Waals surface area contributed by atoms with Crippen LogP contribution in [-0.2, 0) is 16.3 Å². The minimum Gasteiger partial charge on any atom is -0.492 e. The van der Waals surface area contributed by atoms with E-state index in [1.54, 1.807) is 0 Å². The fraction of sp³-hybridized carbons (Fsp3) is 0.300. The summed E-state index contributed by atoms with van der Waals surface area (Å²) < 4.78 is 27.9. The summed E-state index contributed by atoms with van der Waals surface area (Å²) in [4.78, 5) is 11.0. The summed E-state index contributed by atoms with van der Waals surface area (Å²) in [6.07, 6.45) is 1.59. The van der Waals surface area contributed by atoms with Crippen LogP contribution in [0.5, 0.6) is 5.75 Å². The van der Waals surface area contributed by atoms with Gasteiger partial charge in [-0.3, -0.25) is 0 Å². The lowest BCUT2D eigenvalue weighted by molar-refractivity contribution is 0.0693. The number of aromatic carboxylic acids is 1. The Morgan fingerprint density at radius 2 is 2.12 bits per heavy atom. The van der Waals surface area contributed by atoms with Gasteiger partial charge in [0.2, 0.25) is 0 Å². The molecule has 0 aromatic heterocycles. The second-order valence-corrected chi connectivity index (χ2v) is 5.65. The third kappa shape index (κ3) is 1.76. The van der Waals surface area contributed by atoms with Crippen LogP contribution in [-0.4, -0.2) is 32.4 Å². The lowest BCUT2D eigenvalue weighted by Crippen LogP contribution is -2.04. The van der Waals surface area contributed by atoms with Crippen molar-refractivity contribution in [3.8, 4) is 5.75 Å². The summed E-state index contributed by atoms with van der Waals surface area (Å²) in [6, 6.07) is 2.62. The molecule has 0 saturated heterocycles. The number of sulfone groups is 1. The van der Waals surface area contributed by atoms with Gasteiger partial charge in [0, 0.05) is 12.7 Å². The number of ether oxygens (including phenoxy) is 1. The summed E-state index contributed by atoms with van der Waals surface area (Å²) in [5.74, 6) is -0.886. The Morgan fingerprint density at radius 1 is 1.44 bits per heavy atom. The Kier molecular flexibility index (Phi) is 2.38. The molecule has 0 fully saturated rings. The van der Waals surface area contributed by atoms with Crippen molar-refractivity contribution in [2.75, 3.05) is 12.9 Å². The molecule has 0 saturated carbocycles. The van der Waals surface area contributed by atoms with Crippen molar-refractivity contribution < 1.29 is 23.1 Å². The maximum absolute atomic E-state index is 11.4. The first-order chi connectivity index (χ1) is 7.39. The Balaban J connectivity index is 2.70. The van der Waals surface area contributed by atoms with E-state index in [1.165, 1.54) is 6.07 Å². The van der Waals surface area contributed by atoms with E-state index in [-0.39, 0.29) is 10.5 Å². The number of carboxylic acids is 1. The highest BCUT2D eigenvalue weighted by Crippen LogP contribution is 2.32. The Hall–Kier alpha value is -1.56. The summed E-state index contributed by atoms with van der Waals surface area (Å²) in [6.45, 7) is 0.392. The van der Waals surface area contributed by atoms with Gasteiger partial charge in [-0.25, -0.2) is 13.2 Å². The van der Waals surface area contributed by atoms with Crippen molar-refractivity contribution in [2.45, 2.75) is 11.3 Å².